The van der Waals surface area contributed by atoms with E-state index >= 15 is 0 Å². The van der Waals surface area contributed by atoms with Crippen LogP contribution in [0.1, 0.15) is 13.3 Å². The minimum Gasteiger partial charge on any atom is -0.329 e. The molecule has 0 aliphatic carbocycles. The Kier molecular flexibility index (Phi) is 9.80. The molecule has 80 valence electrons. The molecule has 0 saturated heterocycles. The highest BCUT2D eigenvalue weighted by molar-refractivity contribution is 4.64. The Labute approximate surface area is 81.4 Å². The van der Waals surface area contributed by atoms with E-state index in [1.165, 1.54) is 6.42 Å². The van der Waals surface area contributed by atoms with E-state index in [1.807, 2.05) is 0 Å². The van der Waals surface area contributed by atoms with Gasteiger partial charge in [0.2, 0.25) is 0 Å². The number of hydrogen-bond acceptors (Lipinski definition) is 4. The third kappa shape index (κ3) is 8.18. The van der Waals surface area contributed by atoms with Gasteiger partial charge < -0.3 is 22.1 Å². The smallest absolute Gasteiger partial charge is 0.00746 e. The standard InChI is InChI=1S/C9H24N4/c1-2-9(7-12-5-3-10)8-13-6-4-11/h9,12-13H,2-8,10-11H2,1H3. The van der Waals surface area contributed by atoms with E-state index in [-0.39, 0.29) is 0 Å². The minimum absolute atomic E-state index is 0.693. The van der Waals surface area contributed by atoms with Gasteiger partial charge in [-0.25, -0.2) is 0 Å². The first-order valence-corrected chi connectivity index (χ1v) is 5.16. The maximum atomic E-state index is 5.38. The Morgan fingerprint density at radius 1 is 1.00 bits per heavy atom. The molecule has 0 radical (unpaired) electrons. The van der Waals surface area contributed by atoms with E-state index in [9.17, 15) is 0 Å². The minimum atomic E-state index is 0.693. The van der Waals surface area contributed by atoms with Crippen molar-refractivity contribution in [2.75, 3.05) is 39.3 Å². The average Bonchev–Trinajstić information content (AvgIpc) is 2.16. The molecule has 0 atom stereocenters. The lowest BCUT2D eigenvalue weighted by Crippen LogP contribution is -2.34. The van der Waals surface area contributed by atoms with Gasteiger partial charge in [-0.15, -0.1) is 0 Å². The molecule has 0 aliphatic rings. The first-order chi connectivity index (χ1) is 6.35. The van der Waals surface area contributed by atoms with E-state index in [0.29, 0.717) is 19.0 Å². The Morgan fingerprint density at radius 3 is 1.77 bits per heavy atom. The zero-order valence-corrected chi connectivity index (χ0v) is 8.68. The Morgan fingerprint density at radius 2 is 1.46 bits per heavy atom. The summed E-state index contributed by atoms with van der Waals surface area (Å²) in [6.07, 6.45) is 1.19. The van der Waals surface area contributed by atoms with Gasteiger partial charge in [0, 0.05) is 26.2 Å². The summed E-state index contributed by atoms with van der Waals surface area (Å²) in [4.78, 5) is 0. The number of nitrogens with two attached hydrogens (primary N) is 2. The maximum absolute atomic E-state index is 5.38. The predicted molar refractivity (Wildman–Crippen MR) is 57.6 cm³/mol. The van der Waals surface area contributed by atoms with Crippen molar-refractivity contribution in [3.8, 4) is 0 Å². The van der Waals surface area contributed by atoms with Crippen LogP contribution in [0.15, 0.2) is 0 Å². The molecule has 0 aromatic rings. The van der Waals surface area contributed by atoms with Crippen LogP contribution in [0.2, 0.25) is 0 Å². The number of nitrogens with one attached hydrogen (secondary N) is 2. The molecule has 0 aromatic heterocycles. The number of rotatable bonds is 9. The molecule has 0 heterocycles. The normalized spacial score (nSPS) is 11.1. The van der Waals surface area contributed by atoms with Gasteiger partial charge in [-0.3, -0.25) is 0 Å². The van der Waals surface area contributed by atoms with Crippen LogP contribution in [-0.4, -0.2) is 39.3 Å². The van der Waals surface area contributed by atoms with Gasteiger partial charge in [-0.1, -0.05) is 13.3 Å². The molecule has 0 amide bonds. The summed E-state index contributed by atoms with van der Waals surface area (Å²) in [5.74, 6) is 0.693. The lowest BCUT2D eigenvalue weighted by Gasteiger charge is -2.15. The molecule has 13 heavy (non-hydrogen) atoms. The molecule has 6 N–H and O–H groups in total. The molecule has 0 spiro atoms. The van der Waals surface area contributed by atoms with Gasteiger partial charge in [0.25, 0.3) is 0 Å². The Bertz CT molecular complexity index is 87.6. The summed E-state index contributed by atoms with van der Waals surface area (Å²) in [6.45, 7) is 7.55. The fraction of sp³-hybridized carbons (Fsp3) is 1.00. The molecule has 0 bridgehead atoms. The van der Waals surface area contributed by atoms with Gasteiger partial charge in [0.1, 0.15) is 0 Å². The maximum Gasteiger partial charge on any atom is 0.00746 e. The fourth-order valence-electron chi connectivity index (χ4n) is 1.18. The molecule has 0 fully saturated rings. The first kappa shape index (κ1) is 12.8. The van der Waals surface area contributed by atoms with Crippen molar-refractivity contribution in [1.82, 2.24) is 10.6 Å². The third-order valence-electron chi connectivity index (χ3n) is 2.09. The van der Waals surface area contributed by atoms with Crippen LogP contribution in [0.4, 0.5) is 0 Å². The summed E-state index contributed by atoms with van der Waals surface area (Å²) in [5, 5.41) is 6.63. The van der Waals surface area contributed by atoms with Crippen LogP contribution in [0.5, 0.6) is 0 Å². The predicted octanol–water partition coefficient (Wildman–Crippen LogP) is -0.891. The molecule has 0 rings (SSSR count). The third-order valence-corrected chi connectivity index (χ3v) is 2.09. The van der Waals surface area contributed by atoms with Crippen LogP contribution in [0.25, 0.3) is 0 Å². The van der Waals surface area contributed by atoms with E-state index in [4.69, 9.17) is 11.5 Å². The van der Waals surface area contributed by atoms with Crippen molar-refractivity contribution in [1.29, 1.82) is 0 Å². The van der Waals surface area contributed by atoms with Crippen LogP contribution < -0.4 is 22.1 Å². The van der Waals surface area contributed by atoms with Crippen LogP contribution in [0.3, 0.4) is 0 Å². The SMILES string of the molecule is CCC(CNCCN)CNCCN. The van der Waals surface area contributed by atoms with E-state index in [1.54, 1.807) is 0 Å². The molecule has 0 aromatic carbocycles. The second-order valence-corrected chi connectivity index (χ2v) is 3.26. The summed E-state index contributed by atoms with van der Waals surface area (Å²) in [5.41, 5.74) is 10.8. The molecule has 4 heteroatoms. The highest BCUT2D eigenvalue weighted by atomic mass is 14.9. The second kappa shape index (κ2) is 9.92. The van der Waals surface area contributed by atoms with Crippen LogP contribution >= 0.6 is 0 Å². The summed E-state index contributed by atoms with van der Waals surface area (Å²) in [7, 11) is 0. The highest BCUT2D eigenvalue weighted by Crippen LogP contribution is 1.97. The molecule has 0 saturated carbocycles. The first-order valence-electron chi connectivity index (χ1n) is 5.16. The Balaban J connectivity index is 3.28. The summed E-state index contributed by atoms with van der Waals surface area (Å²) in [6, 6.07) is 0. The van der Waals surface area contributed by atoms with E-state index < -0.39 is 0 Å². The zero-order chi connectivity index (χ0) is 9.94. The molecular weight excluding hydrogens is 164 g/mol. The zero-order valence-electron chi connectivity index (χ0n) is 8.68. The van der Waals surface area contributed by atoms with Gasteiger partial charge >= 0.3 is 0 Å². The van der Waals surface area contributed by atoms with Gasteiger partial charge in [-0.2, -0.15) is 0 Å². The average molecular weight is 188 g/mol. The van der Waals surface area contributed by atoms with Crippen molar-refractivity contribution < 1.29 is 0 Å². The molecule has 4 nitrogen and oxygen atoms in total. The van der Waals surface area contributed by atoms with Gasteiger partial charge in [0.05, 0.1) is 0 Å². The van der Waals surface area contributed by atoms with Crippen molar-refractivity contribution in [2.24, 2.45) is 17.4 Å². The largest absolute Gasteiger partial charge is 0.329 e. The van der Waals surface area contributed by atoms with Gasteiger partial charge in [0.15, 0.2) is 0 Å². The van der Waals surface area contributed by atoms with Crippen molar-refractivity contribution in [3.05, 3.63) is 0 Å². The Hall–Kier alpha value is -0.160. The lowest BCUT2D eigenvalue weighted by molar-refractivity contribution is 0.436. The quantitative estimate of drug-likeness (QED) is 0.354. The monoisotopic (exact) mass is 188 g/mol. The summed E-state index contributed by atoms with van der Waals surface area (Å²) < 4.78 is 0. The number of hydrogen-bond donors (Lipinski definition) is 4. The van der Waals surface area contributed by atoms with Crippen molar-refractivity contribution in [2.45, 2.75) is 13.3 Å². The molecule has 0 unspecified atom stereocenters. The highest BCUT2D eigenvalue weighted by Gasteiger charge is 2.03. The van der Waals surface area contributed by atoms with E-state index in [0.717, 1.165) is 26.2 Å². The molecule has 0 aliphatic heterocycles. The second-order valence-electron chi connectivity index (χ2n) is 3.26. The van der Waals surface area contributed by atoms with Crippen LogP contribution in [-0.2, 0) is 0 Å². The van der Waals surface area contributed by atoms with Crippen molar-refractivity contribution >= 4 is 0 Å². The summed E-state index contributed by atoms with van der Waals surface area (Å²) >= 11 is 0. The van der Waals surface area contributed by atoms with Crippen molar-refractivity contribution in [3.63, 3.8) is 0 Å². The lowest BCUT2D eigenvalue weighted by atomic mass is 10.1. The van der Waals surface area contributed by atoms with Gasteiger partial charge in [-0.05, 0) is 19.0 Å². The molecular formula is C9H24N4. The van der Waals surface area contributed by atoms with E-state index in [2.05, 4.69) is 17.6 Å². The fourth-order valence-corrected chi connectivity index (χ4v) is 1.18. The van der Waals surface area contributed by atoms with Crippen LogP contribution in [0, 0.1) is 5.92 Å². The topological polar surface area (TPSA) is 76.1 Å².